The van der Waals surface area contributed by atoms with Crippen LogP contribution in [-0.4, -0.2) is 36.0 Å². The van der Waals surface area contributed by atoms with E-state index < -0.39 is 23.7 Å². The van der Waals surface area contributed by atoms with E-state index in [1.165, 1.54) is 30.3 Å². The Labute approximate surface area is 194 Å². The van der Waals surface area contributed by atoms with E-state index in [0.29, 0.717) is 25.8 Å². The van der Waals surface area contributed by atoms with Gasteiger partial charge in [-0.2, -0.15) is 0 Å². The molecular formula is C21H17Br2FN2O5. The number of urea groups is 1. The van der Waals surface area contributed by atoms with Crippen LogP contribution in [0.3, 0.4) is 0 Å². The van der Waals surface area contributed by atoms with Crippen molar-refractivity contribution in [1.82, 2.24) is 10.2 Å². The highest BCUT2D eigenvalue weighted by atomic mass is 79.9. The number of carbonyl (C=O) groups is 3. The lowest BCUT2D eigenvalue weighted by atomic mass is 10.1. The molecule has 0 unspecified atom stereocenters. The fourth-order valence-electron chi connectivity index (χ4n) is 2.79. The molecule has 0 spiro atoms. The summed E-state index contributed by atoms with van der Waals surface area (Å²) in [6.45, 7) is 1.74. The summed E-state index contributed by atoms with van der Waals surface area (Å²) in [5, 5.41) is 2.54. The zero-order valence-electron chi connectivity index (χ0n) is 16.3. The fourth-order valence-corrected chi connectivity index (χ4v) is 4.24. The predicted molar refractivity (Wildman–Crippen MR) is 117 cm³/mol. The highest BCUT2D eigenvalue weighted by molar-refractivity contribution is 9.11. The minimum atomic E-state index is -0.562. The van der Waals surface area contributed by atoms with Gasteiger partial charge in [-0.3, -0.25) is 9.69 Å². The third kappa shape index (κ3) is 5.71. The number of benzene rings is 2. The molecule has 1 heterocycles. The molecule has 1 N–H and O–H groups in total. The van der Waals surface area contributed by atoms with E-state index in [1.807, 2.05) is 0 Å². The van der Waals surface area contributed by atoms with E-state index in [-0.39, 0.29) is 25.5 Å². The van der Waals surface area contributed by atoms with Crippen LogP contribution in [-0.2, 0) is 20.9 Å². The van der Waals surface area contributed by atoms with E-state index in [2.05, 4.69) is 37.2 Å². The van der Waals surface area contributed by atoms with E-state index in [9.17, 15) is 18.8 Å². The molecule has 162 valence electrons. The van der Waals surface area contributed by atoms with Gasteiger partial charge in [-0.25, -0.2) is 14.0 Å². The van der Waals surface area contributed by atoms with Gasteiger partial charge in [-0.15, -0.1) is 0 Å². The Morgan fingerprint density at radius 1 is 1.16 bits per heavy atom. The average Bonchev–Trinajstić information content (AvgIpc) is 2.96. The van der Waals surface area contributed by atoms with Gasteiger partial charge in [-0.05, 0) is 80.3 Å². The van der Waals surface area contributed by atoms with Crippen LogP contribution in [0.15, 0.2) is 51.0 Å². The molecule has 3 amide bonds. The summed E-state index contributed by atoms with van der Waals surface area (Å²) in [6, 6.07) is 8.37. The Morgan fingerprint density at radius 2 is 1.81 bits per heavy atom. The number of carbonyl (C=O) groups excluding carboxylic acids is 3. The second kappa shape index (κ2) is 10.1. The van der Waals surface area contributed by atoms with Gasteiger partial charge >= 0.3 is 12.0 Å². The summed E-state index contributed by atoms with van der Waals surface area (Å²) in [6.07, 6.45) is 1.52. The van der Waals surface area contributed by atoms with Crippen molar-refractivity contribution < 1.29 is 28.2 Å². The van der Waals surface area contributed by atoms with Crippen molar-refractivity contribution in [3.05, 3.63) is 68.0 Å². The predicted octanol–water partition coefficient (Wildman–Crippen LogP) is 4.39. The van der Waals surface area contributed by atoms with Crippen LogP contribution in [0.4, 0.5) is 9.18 Å². The van der Waals surface area contributed by atoms with E-state index in [0.717, 1.165) is 4.90 Å². The van der Waals surface area contributed by atoms with Crippen molar-refractivity contribution in [2.45, 2.75) is 13.5 Å². The molecular weight excluding hydrogens is 539 g/mol. The second-order valence-electron chi connectivity index (χ2n) is 6.41. The van der Waals surface area contributed by atoms with E-state index in [4.69, 9.17) is 9.47 Å². The van der Waals surface area contributed by atoms with Gasteiger partial charge in [0.15, 0.2) is 6.61 Å². The number of amides is 3. The first-order valence-corrected chi connectivity index (χ1v) is 10.7. The third-order valence-corrected chi connectivity index (χ3v) is 5.37. The maximum atomic E-state index is 13.1. The van der Waals surface area contributed by atoms with Gasteiger partial charge in [0.1, 0.15) is 17.3 Å². The lowest BCUT2D eigenvalue weighted by molar-refractivity contribution is -0.145. The number of halogens is 3. The number of ether oxygens (including phenoxy) is 2. The molecule has 0 aliphatic carbocycles. The summed E-state index contributed by atoms with van der Waals surface area (Å²) in [7, 11) is 0. The summed E-state index contributed by atoms with van der Waals surface area (Å²) < 4.78 is 24.5. The van der Waals surface area contributed by atoms with Crippen LogP contribution in [0.25, 0.3) is 6.08 Å². The van der Waals surface area contributed by atoms with Gasteiger partial charge < -0.3 is 14.8 Å². The number of esters is 1. The summed E-state index contributed by atoms with van der Waals surface area (Å²) in [4.78, 5) is 37.4. The maximum absolute atomic E-state index is 13.1. The highest BCUT2D eigenvalue weighted by Crippen LogP contribution is 2.35. The molecule has 2 aromatic carbocycles. The number of nitrogens with zero attached hydrogens (tertiary/aromatic N) is 1. The normalized spacial score (nSPS) is 14.7. The second-order valence-corrected chi connectivity index (χ2v) is 8.12. The monoisotopic (exact) mass is 554 g/mol. The smallest absolute Gasteiger partial charge is 0.344 e. The molecule has 3 rings (SSSR count). The molecule has 1 aliphatic heterocycles. The number of imide groups is 1. The van der Waals surface area contributed by atoms with Crippen LogP contribution in [0, 0.1) is 5.82 Å². The van der Waals surface area contributed by atoms with Crippen molar-refractivity contribution in [3.63, 3.8) is 0 Å². The van der Waals surface area contributed by atoms with Gasteiger partial charge in [0, 0.05) is 0 Å². The molecule has 1 aliphatic rings. The van der Waals surface area contributed by atoms with Gasteiger partial charge in [-0.1, -0.05) is 12.1 Å². The van der Waals surface area contributed by atoms with E-state index in [1.54, 1.807) is 19.1 Å². The largest absolute Gasteiger partial charge is 0.480 e. The summed E-state index contributed by atoms with van der Waals surface area (Å²) in [5.41, 5.74) is 1.33. The minimum absolute atomic E-state index is 0.0241. The Kier molecular flexibility index (Phi) is 7.45. The first kappa shape index (κ1) is 23.0. The molecule has 31 heavy (non-hydrogen) atoms. The number of nitrogens with one attached hydrogen (secondary N) is 1. The Balaban J connectivity index is 1.75. The number of rotatable bonds is 7. The first-order chi connectivity index (χ1) is 14.8. The van der Waals surface area contributed by atoms with E-state index >= 15 is 0 Å². The van der Waals surface area contributed by atoms with Crippen LogP contribution in [0.2, 0.25) is 0 Å². The molecule has 0 atom stereocenters. The standard InChI is InChI=1S/C21H17Br2FN2O5/c1-2-30-18(27)11-31-19-15(22)7-13(8-16(19)23)9-17-20(28)26(21(29)25-17)10-12-3-5-14(24)6-4-12/h3-9H,2,10-11H2,1H3,(H,25,29)/b17-9+. The summed E-state index contributed by atoms with van der Waals surface area (Å²) in [5.74, 6) is -0.987. The molecule has 1 fully saturated rings. The molecule has 0 bridgehead atoms. The highest BCUT2D eigenvalue weighted by Gasteiger charge is 2.33. The zero-order valence-corrected chi connectivity index (χ0v) is 19.5. The maximum Gasteiger partial charge on any atom is 0.344 e. The van der Waals surface area contributed by atoms with Crippen molar-refractivity contribution >= 4 is 55.8 Å². The van der Waals surface area contributed by atoms with Crippen molar-refractivity contribution in [2.75, 3.05) is 13.2 Å². The van der Waals surface area contributed by atoms with Crippen molar-refractivity contribution in [3.8, 4) is 5.75 Å². The Bertz CT molecular complexity index is 1030. The molecule has 0 saturated carbocycles. The average molecular weight is 556 g/mol. The molecule has 0 radical (unpaired) electrons. The van der Waals surface area contributed by atoms with Crippen LogP contribution in [0.5, 0.6) is 5.75 Å². The third-order valence-electron chi connectivity index (χ3n) is 4.19. The molecule has 7 nitrogen and oxygen atoms in total. The molecule has 2 aromatic rings. The zero-order chi connectivity index (χ0) is 22.5. The quantitative estimate of drug-likeness (QED) is 0.311. The van der Waals surface area contributed by atoms with Gasteiger partial charge in [0.25, 0.3) is 5.91 Å². The lowest BCUT2D eigenvalue weighted by Crippen LogP contribution is -2.30. The Hall–Kier alpha value is -2.72. The number of hydrogen-bond acceptors (Lipinski definition) is 5. The van der Waals surface area contributed by atoms with Crippen molar-refractivity contribution in [2.24, 2.45) is 0 Å². The van der Waals surface area contributed by atoms with Gasteiger partial charge in [0.2, 0.25) is 0 Å². The fraction of sp³-hybridized carbons (Fsp3) is 0.190. The molecule has 0 aromatic heterocycles. The summed E-state index contributed by atoms with van der Waals surface area (Å²) >= 11 is 6.75. The van der Waals surface area contributed by atoms with Gasteiger partial charge in [0.05, 0.1) is 22.1 Å². The van der Waals surface area contributed by atoms with Crippen LogP contribution < -0.4 is 10.1 Å². The minimum Gasteiger partial charge on any atom is -0.480 e. The molecule has 1 saturated heterocycles. The molecule has 10 heteroatoms. The number of hydrogen-bond donors (Lipinski definition) is 1. The first-order valence-electron chi connectivity index (χ1n) is 9.15. The lowest BCUT2D eigenvalue weighted by Gasteiger charge is -2.12. The van der Waals surface area contributed by atoms with Crippen LogP contribution in [0.1, 0.15) is 18.1 Å². The SMILES string of the molecule is CCOC(=O)COc1c(Br)cc(/C=C2/NC(=O)N(Cc3ccc(F)cc3)C2=O)cc1Br. The topological polar surface area (TPSA) is 84.9 Å². The Morgan fingerprint density at radius 3 is 2.42 bits per heavy atom. The van der Waals surface area contributed by atoms with Crippen molar-refractivity contribution in [1.29, 1.82) is 0 Å². The van der Waals surface area contributed by atoms with Crippen LogP contribution >= 0.6 is 31.9 Å².